The van der Waals surface area contributed by atoms with Crippen LogP contribution in [0.2, 0.25) is 10.0 Å². The molecule has 1 heterocycles. The van der Waals surface area contributed by atoms with E-state index in [0.29, 0.717) is 21.6 Å². The van der Waals surface area contributed by atoms with Gasteiger partial charge in [-0.1, -0.05) is 52.7 Å². The van der Waals surface area contributed by atoms with Crippen LogP contribution in [0.15, 0.2) is 77.0 Å². The van der Waals surface area contributed by atoms with Crippen LogP contribution < -0.4 is 5.43 Å². The number of non-ortho nitro benzene ring substituents is 1. The van der Waals surface area contributed by atoms with Gasteiger partial charge in [-0.25, -0.2) is 5.43 Å². The summed E-state index contributed by atoms with van der Waals surface area (Å²) in [7, 11) is 0. The van der Waals surface area contributed by atoms with Gasteiger partial charge in [0.1, 0.15) is 0 Å². The number of aromatic nitrogens is 3. The van der Waals surface area contributed by atoms with Gasteiger partial charge in [-0.2, -0.15) is 5.10 Å². The van der Waals surface area contributed by atoms with E-state index in [1.165, 1.54) is 36.2 Å². The van der Waals surface area contributed by atoms with Crippen LogP contribution in [-0.4, -0.2) is 37.6 Å². The molecule has 0 aliphatic heterocycles. The summed E-state index contributed by atoms with van der Waals surface area (Å²) in [6, 6.07) is 19.1. The molecule has 0 aliphatic carbocycles. The van der Waals surface area contributed by atoms with Crippen molar-refractivity contribution in [2.24, 2.45) is 5.10 Å². The van der Waals surface area contributed by atoms with Crippen LogP contribution in [0, 0.1) is 17.0 Å². The molecule has 36 heavy (non-hydrogen) atoms. The maximum atomic E-state index is 12.4. The fraction of sp³-hybridized carbons (Fsp3) is 0.0833. The van der Waals surface area contributed by atoms with Gasteiger partial charge >= 0.3 is 0 Å². The van der Waals surface area contributed by atoms with Gasteiger partial charge in [0.05, 0.1) is 16.9 Å². The Morgan fingerprint density at radius 2 is 1.83 bits per heavy atom. The molecule has 3 aromatic carbocycles. The number of aryl methyl sites for hydroxylation is 1. The Morgan fingerprint density at radius 3 is 2.53 bits per heavy atom. The molecule has 12 heteroatoms. The third kappa shape index (κ3) is 6.09. The number of carbonyl (C=O) groups excluding carboxylic acids is 1. The predicted molar refractivity (Wildman–Crippen MR) is 141 cm³/mol. The first kappa shape index (κ1) is 25.4. The lowest BCUT2D eigenvalue weighted by Gasteiger charge is -2.10. The van der Waals surface area contributed by atoms with E-state index in [1.54, 1.807) is 12.1 Å². The normalized spacial score (nSPS) is 11.1. The zero-order valence-electron chi connectivity index (χ0n) is 18.8. The molecule has 1 amide bonds. The van der Waals surface area contributed by atoms with Gasteiger partial charge < -0.3 is 0 Å². The zero-order chi connectivity index (χ0) is 25.7. The Bertz CT molecular complexity index is 1440. The maximum absolute atomic E-state index is 12.4. The van der Waals surface area contributed by atoms with Crippen LogP contribution in [0.1, 0.15) is 11.1 Å². The molecule has 1 aromatic heterocycles. The predicted octanol–water partition coefficient (Wildman–Crippen LogP) is 5.70. The smallest absolute Gasteiger partial charge is 0.270 e. The number of nitro benzene ring substituents is 1. The van der Waals surface area contributed by atoms with E-state index in [1.807, 2.05) is 47.9 Å². The first-order valence-electron chi connectivity index (χ1n) is 10.5. The zero-order valence-corrected chi connectivity index (χ0v) is 21.1. The van der Waals surface area contributed by atoms with Crippen molar-refractivity contribution in [3.63, 3.8) is 0 Å². The molecule has 0 unspecified atom stereocenters. The number of rotatable bonds is 8. The van der Waals surface area contributed by atoms with E-state index in [9.17, 15) is 14.9 Å². The van der Waals surface area contributed by atoms with E-state index in [-0.39, 0.29) is 16.5 Å². The molecular weight excluding hydrogens is 523 g/mol. The van der Waals surface area contributed by atoms with Gasteiger partial charge in [-0.3, -0.25) is 19.5 Å². The van der Waals surface area contributed by atoms with Crippen molar-refractivity contribution < 1.29 is 9.72 Å². The van der Waals surface area contributed by atoms with E-state index < -0.39 is 10.8 Å². The van der Waals surface area contributed by atoms with Crippen LogP contribution in [-0.2, 0) is 4.79 Å². The topological polar surface area (TPSA) is 115 Å². The van der Waals surface area contributed by atoms with E-state index in [2.05, 4.69) is 20.7 Å². The molecular formula is C24H18Cl2N6O3S. The fourth-order valence-corrected chi connectivity index (χ4v) is 4.19. The third-order valence-corrected chi connectivity index (χ3v) is 6.47. The molecule has 4 rings (SSSR count). The minimum atomic E-state index is -0.536. The summed E-state index contributed by atoms with van der Waals surface area (Å²) < 4.78 is 1.87. The Kier molecular flexibility index (Phi) is 7.99. The number of thioether (sulfide) groups is 1. The fourth-order valence-electron chi connectivity index (χ4n) is 3.16. The van der Waals surface area contributed by atoms with Crippen molar-refractivity contribution in [3.8, 4) is 17.1 Å². The Morgan fingerprint density at radius 1 is 1.11 bits per heavy atom. The molecule has 0 fully saturated rings. The van der Waals surface area contributed by atoms with Crippen LogP contribution in [0.3, 0.4) is 0 Å². The Balaban J connectivity index is 1.50. The van der Waals surface area contributed by atoms with Gasteiger partial charge in [0, 0.05) is 39.0 Å². The van der Waals surface area contributed by atoms with Crippen molar-refractivity contribution in [2.75, 3.05) is 5.75 Å². The highest BCUT2D eigenvalue weighted by atomic mass is 35.5. The maximum Gasteiger partial charge on any atom is 0.270 e. The van der Waals surface area contributed by atoms with E-state index in [0.717, 1.165) is 16.8 Å². The lowest BCUT2D eigenvalue weighted by molar-refractivity contribution is -0.384. The summed E-state index contributed by atoms with van der Waals surface area (Å²) in [4.78, 5) is 22.8. The number of benzene rings is 3. The monoisotopic (exact) mass is 540 g/mol. The van der Waals surface area contributed by atoms with Crippen molar-refractivity contribution in [3.05, 3.63) is 98.0 Å². The molecule has 0 aliphatic rings. The highest BCUT2D eigenvalue weighted by molar-refractivity contribution is 7.99. The summed E-state index contributed by atoms with van der Waals surface area (Å²) in [6.45, 7) is 2.00. The van der Waals surface area contributed by atoms with Crippen LogP contribution in [0.25, 0.3) is 17.1 Å². The number of nitrogens with zero attached hydrogens (tertiary/aromatic N) is 5. The molecule has 0 saturated carbocycles. The number of amides is 1. The molecule has 0 radical (unpaired) electrons. The highest BCUT2D eigenvalue weighted by Crippen LogP contribution is 2.29. The summed E-state index contributed by atoms with van der Waals surface area (Å²) in [5, 5.41) is 24.9. The van der Waals surface area contributed by atoms with Crippen LogP contribution in [0.4, 0.5) is 5.69 Å². The molecule has 0 bridgehead atoms. The Hall–Kier alpha value is -3.73. The largest absolute Gasteiger partial charge is 0.272 e. The summed E-state index contributed by atoms with van der Waals surface area (Å²) in [6.07, 6.45) is 1.26. The van der Waals surface area contributed by atoms with Gasteiger partial charge in [-0.05, 0) is 49.4 Å². The number of hydrazone groups is 1. The number of hydrogen-bond acceptors (Lipinski definition) is 7. The summed E-state index contributed by atoms with van der Waals surface area (Å²) in [5.74, 6) is 0.214. The molecule has 182 valence electrons. The van der Waals surface area contributed by atoms with E-state index in [4.69, 9.17) is 23.2 Å². The lowest BCUT2D eigenvalue weighted by Crippen LogP contribution is -2.20. The first-order chi connectivity index (χ1) is 17.3. The SMILES string of the molecule is Cc1ccc(-n2c(SCC(=O)N/N=C/c3cc([N+](=O)[O-])ccc3Cl)nnc2-c2ccc(Cl)cc2)cc1. The van der Waals surface area contributed by atoms with Gasteiger partial charge in [-0.15, -0.1) is 10.2 Å². The molecule has 0 atom stereocenters. The first-order valence-corrected chi connectivity index (χ1v) is 12.2. The standard InChI is InChI=1S/C24H18Cl2N6O3S/c1-15-2-8-19(9-3-15)31-23(16-4-6-18(25)7-5-16)29-30-24(31)36-14-22(33)28-27-13-17-12-20(32(34)35)10-11-21(17)26/h2-13H,14H2,1H3,(H,28,33)/b27-13+. The lowest BCUT2D eigenvalue weighted by atomic mass is 10.2. The Labute approximate surface area is 220 Å². The summed E-state index contributed by atoms with van der Waals surface area (Å²) in [5.41, 5.74) is 5.35. The number of nitro groups is 1. The van der Waals surface area contributed by atoms with Gasteiger partial charge in [0.2, 0.25) is 0 Å². The molecule has 9 nitrogen and oxygen atoms in total. The third-order valence-electron chi connectivity index (χ3n) is 4.94. The second-order valence-electron chi connectivity index (χ2n) is 7.53. The molecule has 4 aromatic rings. The number of halogens is 2. The minimum Gasteiger partial charge on any atom is -0.272 e. The quantitative estimate of drug-likeness (QED) is 0.132. The minimum absolute atomic E-state index is 0.00459. The molecule has 1 N–H and O–H groups in total. The second kappa shape index (κ2) is 11.3. The van der Waals surface area contributed by atoms with Crippen molar-refractivity contribution in [1.29, 1.82) is 0 Å². The van der Waals surface area contributed by atoms with Crippen molar-refractivity contribution in [2.45, 2.75) is 12.1 Å². The van der Waals surface area contributed by atoms with Crippen LogP contribution in [0.5, 0.6) is 0 Å². The number of nitrogens with one attached hydrogen (secondary N) is 1. The highest BCUT2D eigenvalue weighted by Gasteiger charge is 2.17. The average Bonchev–Trinajstić information content (AvgIpc) is 3.28. The average molecular weight is 541 g/mol. The second-order valence-corrected chi connectivity index (χ2v) is 9.31. The van der Waals surface area contributed by atoms with Crippen molar-refractivity contribution >= 4 is 52.8 Å². The number of carbonyl (C=O) groups is 1. The van der Waals surface area contributed by atoms with Crippen molar-refractivity contribution in [1.82, 2.24) is 20.2 Å². The van der Waals surface area contributed by atoms with Crippen LogP contribution >= 0.6 is 35.0 Å². The molecule has 0 spiro atoms. The van der Waals surface area contributed by atoms with Gasteiger partial charge in [0.15, 0.2) is 11.0 Å². The number of hydrogen-bond donors (Lipinski definition) is 1. The van der Waals surface area contributed by atoms with Gasteiger partial charge in [0.25, 0.3) is 11.6 Å². The van der Waals surface area contributed by atoms with E-state index >= 15 is 0 Å². The molecule has 0 saturated heterocycles. The summed E-state index contributed by atoms with van der Waals surface area (Å²) >= 11 is 13.3.